The Balaban J connectivity index is 1.58. The fraction of sp³-hybridized carbons (Fsp3) is 0.0909. The van der Waals surface area contributed by atoms with Crippen LogP contribution in [0.2, 0.25) is 0 Å². The first-order valence-corrected chi connectivity index (χ1v) is 10.1. The Morgan fingerprint density at radius 3 is 2.50 bits per heavy atom. The number of hydrogen-bond acceptors (Lipinski definition) is 8. The Labute approximate surface area is 186 Å². The molecular weight excluding hydrogens is 434 g/mol. The van der Waals surface area contributed by atoms with E-state index < -0.39 is 4.92 Å². The molecule has 3 aromatic rings. The predicted molar refractivity (Wildman–Crippen MR) is 121 cm³/mol. The van der Waals surface area contributed by atoms with Gasteiger partial charge in [0.05, 0.1) is 35.3 Å². The number of nitrogens with one attached hydrogen (secondary N) is 1. The summed E-state index contributed by atoms with van der Waals surface area (Å²) in [5.74, 6) is 1.55. The lowest BCUT2D eigenvalue weighted by Gasteiger charge is -2.05. The molecule has 0 unspecified atom stereocenters. The highest BCUT2D eigenvalue weighted by atomic mass is 32.2. The van der Waals surface area contributed by atoms with Gasteiger partial charge in [-0.05, 0) is 30.0 Å². The number of ether oxygens (including phenoxy) is 2. The molecule has 0 atom stereocenters. The zero-order valence-electron chi connectivity index (χ0n) is 17.0. The molecule has 10 heteroatoms. The third-order valence-electron chi connectivity index (χ3n) is 4.48. The number of para-hydroxylation sites is 1. The number of nitro benzene ring substituents is 1. The quantitative estimate of drug-likeness (QED) is 0.326. The summed E-state index contributed by atoms with van der Waals surface area (Å²) in [6, 6.07) is 14.7. The first-order chi connectivity index (χ1) is 15.5. The second-order valence-electron chi connectivity index (χ2n) is 6.53. The summed E-state index contributed by atoms with van der Waals surface area (Å²) in [5, 5.41) is 14.4. The number of furan rings is 1. The summed E-state index contributed by atoms with van der Waals surface area (Å²) < 4.78 is 16.2. The van der Waals surface area contributed by atoms with E-state index in [0.29, 0.717) is 44.3 Å². The number of rotatable bonds is 6. The molecule has 0 bridgehead atoms. The van der Waals surface area contributed by atoms with Crippen molar-refractivity contribution in [2.45, 2.75) is 0 Å². The van der Waals surface area contributed by atoms with Gasteiger partial charge in [-0.2, -0.15) is 0 Å². The average Bonchev–Trinajstić information content (AvgIpc) is 3.39. The van der Waals surface area contributed by atoms with Crippen molar-refractivity contribution >= 4 is 40.3 Å². The Morgan fingerprint density at radius 1 is 1.09 bits per heavy atom. The molecule has 1 aliphatic heterocycles. The number of amides is 1. The summed E-state index contributed by atoms with van der Waals surface area (Å²) in [6.45, 7) is 0. The monoisotopic (exact) mass is 451 g/mol. The molecule has 162 valence electrons. The maximum Gasteiger partial charge on any atom is 0.280 e. The molecule has 1 fully saturated rings. The van der Waals surface area contributed by atoms with Gasteiger partial charge < -0.3 is 19.2 Å². The zero-order valence-corrected chi connectivity index (χ0v) is 17.8. The number of benzene rings is 2. The first-order valence-electron chi connectivity index (χ1n) is 9.33. The standard InChI is InChI=1S/C22H17N3O6S/c1-29-15-9-13(10-16(11-15)30-2)23-22-24-21(26)20(32-22)12-14-7-8-19(31-14)17-5-3-4-6-18(17)25(27)28/h3-12H,1-2H3,(H,23,24,26)/b20-12+. The van der Waals surface area contributed by atoms with Crippen LogP contribution >= 0.6 is 11.8 Å². The second-order valence-corrected chi connectivity index (χ2v) is 7.56. The molecular formula is C22H17N3O6S. The Morgan fingerprint density at radius 2 is 1.81 bits per heavy atom. The van der Waals surface area contributed by atoms with Gasteiger partial charge in [0.25, 0.3) is 11.6 Å². The molecule has 0 radical (unpaired) electrons. The molecule has 0 spiro atoms. The van der Waals surface area contributed by atoms with Crippen molar-refractivity contribution in [3.63, 3.8) is 0 Å². The van der Waals surface area contributed by atoms with E-state index in [2.05, 4.69) is 10.3 Å². The van der Waals surface area contributed by atoms with Crippen LogP contribution < -0.4 is 14.8 Å². The number of thioether (sulfide) groups is 1. The van der Waals surface area contributed by atoms with Crippen molar-refractivity contribution < 1.29 is 23.6 Å². The molecule has 4 rings (SSSR count). The number of nitrogens with zero attached hydrogens (tertiary/aromatic N) is 2. The highest BCUT2D eigenvalue weighted by Gasteiger charge is 2.25. The topological polar surface area (TPSA) is 116 Å². The van der Waals surface area contributed by atoms with Gasteiger partial charge in [0.1, 0.15) is 23.0 Å². The molecule has 32 heavy (non-hydrogen) atoms. The summed E-state index contributed by atoms with van der Waals surface area (Å²) in [7, 11) is 3.08. The molecule has 1 aromatic heterocycles. The van der Waals surface area contributed by atoms with Gasteiger partial charge in [-0.3, -0.25) is 14.9 Å². The average molecular weight is 451 g/mol. The van der Waals surface area contributed by atoms with Crippen molar-refractivity contribution in [3.8, 4) is 22.8 Å². The molecule has 0 saturated carbocycles. The van der Waals surface area contributed by atoms with Crippen LogP contribution in [0.25, 0.3) is 17.4 Å². The van der Waals surface area contributed by atoms with Crippen molar-refractivity contribution in [1.29, 1.82) is 0 Å². The van der Waals surface area contributed by atoms with Crippen molar-refractivity contribution in [2.24, 2.45) is 4.99 Å². The van der Waals surface area contributed by atoms with Crippen molar-refractivity contribution in [1.82, 2.24) is 5.32 Å². The largest absolute Gasteiger partial charge is 0.497 e. The van der Waals surface area contributed by atoms with Gasteiger partial charge in [0.15, 0.2) is 5.17 Å². The third kappa shape index (κ3) is 4.49. The molecule has 1 N–H and O–H groups in total. The predicted octanol–water partition coefficient (Wildman–Crippen LogP) is 4.76. The Hall–Kier alpha value is -4.05. The number of nitro groups is 1. The molecule has 1 aliphatic rings. The number of aliphatic imine (C=N–C) groups is 1. The number of hydrogen-bond donors (Lipinski definition) is 1. The SMILES string of the molecule is COc1cc(N=C2NC(=O)/C(=C\c3ccc(-c4ccccc4[N+](=O)[O-])o3)S2)cc(OC)c1. The molecule has 1 saturated heterocycles. The summed E-state index contributed by atoms with van der Waals surface area (Å²) >= 11 is 1.15. The molecule has 9 nitrogen and oxygen atoms in total. The van der Waals surface area contributed by atoms with E-state index in [0.717, 1.165) is 11.8 Å². The van der Waals surface area contributed by atoms with Crippen molar-refractivity contribution in [3.05, 3.63) is 75.4 Å². The molecule has 0 aliphatic carbocycles. The van der Waals surface area contributed by atoms with E-state index in [1.54, 1.807) is 68.8 Å². The van der Waals surface area contributed by atoms with Crippen LogP contribution in [-0.4, -0.2) is 30.2 Å². The molecule has 1 amide bonds. The van der Waals surface area contributed by atoms with Gasteiger partial charge in [0, 0.05) is 30.3 Å². The van der Waals surface area contributed by atoms with Crippen LogP contribution in [0.5, 0.6) is 11.5 Å². The Bertz CT molecular complexity index is 1240. The van der Waals surface area contributed by atoms with Gasteiger partial charge >= 0.3 is 0 Å². The number of amidine groups is 1. The zero-order chi connectivity index (χ0) is 22.7. The summed E-state index contributed by atoms with van der Waals surface area (Å²) in [6.07, 6.45) is 1.56. The number of carbonyl (C=O) groups is 1. The van der Waals surface area contributed by atoms with Crippen LogP contribution in [0.3, 0.4) is 0 Å². The molecule has 2 heterocycles. The fourth-order valence-corrected chi connectivity index (χ4v) is 3.82. The highest BCUT2D eigenvalue weighted by molar-refractivity contribution is 8.18. The van der Waals surface area contributed by atoms with Crippen LogP contribution in [0.1, 0.15) is 5.76 Å². The Kier molecular flexibility index (Phi) is 5.95. The van der Waals surface area contributed by atoms with Gasteiger partial charge in [-0.25, -0.2) is 4.99 Å². The number of carbonyl (C=O) groups excluding carboxylic acids is 1. The molecule has 2 aromatic carbocycles. The lowest BCUT2D eigenvalue weighted by atomic mass is 10.1. The highest BCUT2D eigenvalue weighted by Crippen LogP contribution is 2.34. The smallest absolute Gasteiger partial charge is 0.280 e. The van der Waals surface area contributed by atoms with Gasteiger partial charge in [0.2, 0.25) is 0 Å². The van der Waals surface area contributed by atoms with E-state index in [1.807, 2.05) is 0 Å². The maximum absolute atomic E-state index is 12.4. The second kappa shape index (κ2) is 8.98. The normalized spacial score (nSPS) is 15.8. The van der Waals surface area contributed by atoms with Crippen LogP contribution in [0.15, 0.2) is 68.9 Å². The van der Waals surface area contributed by atoms with E-state index in [-0.39, 0.29) is 11.6 Å². The lowest BCUT2D eigenvalue weighted by molar-refractivity contribution is -0.384. The maximum atomic E-state index is 12.4. The fourth-order valence-electron chi connectivity index (χ4n) is 3.00. The third-order valence-corrected chi connectivity index (χ3v) is 5.39. The van der Waals surface area contributed by atoms with E-state index in [4.69, 9.17) is 13.9 Å². The van der Waals surface area contributed by atoms with Gasteiger partial charge in [-0.1, -0.05) is 12.1 Å². The summed E-state index contributed by atoms with van der Waals surface area (Å²) in [4.78, 5) is 28.0. The van der Waals surface area contributed by atoms with Crippen LogP contribution in [-0.2, 0) is 4.79 Å². The van der Waals surface area contributed by atoms with E-state index in [1.165, 1.54) is 6.07 Å². The summed E-state index contributed by atoms with van der Waals surface area (Å²) in [5.41, 5.74) is 0.860. The lowest BCUT2D eigenvalue weighted by Crippen LogP contribution is -2.19. The van der Waals surface area contributed by atoms with E-state index in [9.17, 15) is 14.9 Å². The van der Waals surface area contributed by atoms with Crippen LogP contribution in [0.4, 0.5) is 11.4 Å². The minimum atomic E-state index is -0.466. The van der Waals surface area contributed by atoms with Crippen LogP contribution in [0, 0.1) is 10.1 Å². The van der Waals surface area contributed by atoms with Crippen molar-refractivity contribution in [2.75, 3.05) is 14.2 Å². The number of methoxy groups -OCH3 is 2. The first kappa shape index (κ1) is 21.2. The minimum absolute atomic E-state index is 0.0582. The van der Waals surface area contributed by atoms with Gasteiger partial charge in [-0.15, -0.1) is 0 Å². The van der Waals surface area contributed by atoms with E-state index >= 15 is 0 Å². The minimum Gasteiger partial charge on any atom is -0.497 e.